The predicted molar refractivity (Wildman–Crippen MR) is 131 cm³/mol. The van der Waals surface area contributed by atoms with Crippen LogP contribution in [0.5, 0.6) is 5.75 Å². The molecule has 1 aliphatic rings. The van der Waals surface area contributed by atoms with Crippen molar-refractivity contribution in [3.05, 3.63) is 90.0 Å². The van der Waals surface area contributed by atoms with Gasteiger partial charge in [0.2, 0.25) is 11.8 Å². The maximum absolute atomic E-state index is 13.1. The summed E-state index contributed by atoms with van der Waals surface area (Å²) in [4.78, 5) is 42.0. The molecule has 3 aromatic carbocycles. The molecular weight excluding hydrogens is 430 g/mol. The summed E-state index contributed by atoms with van der Waals surface area (Å²) < 4.78 is 5.17. The molecule has 3 amide bonds. The highest BCUT2D eigenvalue weighted by atomic mass is 16.5. The fourth-order valence-electron chi connectivity index (χ4n) is 4.04. The molecule has 174 valence electrons. The Hall–Kier alpha value is -4.13. The number of rotatable bonds is 7. The standard InChI is InChI=1S/C27H27N3O4/c1-29(17-19-8-4-3-5-9-19)27(33)23-10-6-7-11-24(23)28-26(32)20-16-25(31)30(18-20)21-12-14-22(34-2)15-13-21/h3-15,20H,16-18H2,1-2H3,(H,28,32)/t20-/m1/s1. The minimum absolute atomic E-state index is 0.113. The van der Waals surface area contributed by atoms with Crippen molar-refractivity contribution in [3.8, 4) is 5.75 Å². The normalized spacial score (nSPS) is 15.2. The van der Waals surface area contributed by atoms with Gasteiger partial charge >= 0.3 is 0 Å². The Labute approximate surface area is 198 Å². The molecule has 3 aromatic rings. The number of amides is 3. The number of nitrogens with zero attached hydrogens (tertiary/aromatic N) is 2. The number of anilines is 2. The summed E-state index contributed by atoms with van der Waals surface area (Å²) in [6.45, 7) is 0.733. The highest BCUT2D eigenvalue weighted by molar-refractivity contribution is 6.07. The van der Waals surface area contributed by atoms with Crippen LogP contribution in [0.25, 0.3) is 0 Å². The van der Waals surface area contributed by atoms with Gasteiger partial charge in [-0.05, 0) is 42.0 Å². The number of hydrogen-bond donors (Lipinski definition) is 1. The third-order valence-electron chi connectivity index (χ3n) is 5.90. The van der Waals surface area contributed by atoms with Crippen LogP contribution < -0.4 is 15.0 Å². The molecule has 0 saturated carbocycles. The Balaban J connectivity index is 1.44. The van der Waals surface area contributed by atoms with Crippen molar-refractivity contribution < 1.29 is 19.1 Å². The SMILES string of the molecule is COc1ccc(N2C[C@H](C(=O)Nc3ccccc3C(=O)N(C)Cc3ccccc3)CC2=O)cc1. The van der Waals surface area contributed by atoms with Gasteiger partial charge in [0.1, 0.15) is 5.75 Å². The predicted octanol–water partition coefficient (Wildman–Crippen LogP) is 3.96. The molecule has 7 nitrogen and oxygen atoms in total. The van der Waals surface area contributed by atoms with E-state index in [-0.39, 0.29) is 30.7 Å². The van der Waals surface area contributed by atoms with Gasteiger partial charge in [-0.25, -0.2) is 0 Å². The van der Waals surface area contributed by atoms with E-state index in [1.165, 1.54) is 0 Å². The Morgan fingerprint density at radius 2 is 1.68 bits per heavy atom. The van der Waals surface area contributed by atoms with Crippen molar-refractivity contribution in [2.75, 3.05) is 30.9 Å². The third kappa shape index (κ3) is 5.09. The molecule has 1 saturated heterocycles. The summed E-state index contributed by atoms with van der Waals surface area (Å²) in [5, 5.41) is 2.88. The lowest BCUT2D eigenvalue weighted by molar-refractivity contribution is -0.122. The molecule has 0 unspecified atom stereocenters. The largest absolute Gasteiger partial charge is 0.497 e. The molecule has 7 heteroatoms. The van der Waals surface area contributed by atoms with E-state index in [0.717, 1.165) is 11.3 Å². The second-order valence-electron chi connectivity index (χ2n) is 8.29. The highest BCUT2D eigenvalue weighted by Crippen LogP contribution is 2.28. The van der Waals surface area contributed by atoms with Crippen LogP contribution in [-0.4, -0.2) is 43.3 Å². The lowest BCUT2D eigenvalue weighted by Crippen LogP contribution is -2.30. The highest BCUT2D eigenvalue weighted by Gasteiger charge is 2.35. The second kappa shape index (κ2) is 10.2. The molecule has 0 radical (unpaired) electrons. The summed E-state index contributed by atoms with van der Waals surface area (Å²) >= 11 is 0. The first-order valence-electron chi connectivity index (χ1n) is 11.1. The lowest BCUT2D eigenvalue weighted by atomic mass is 10.1. The van der Waals surface area contributed by atoms with E-state index in [4.69, 9.17) is 4.74 Å². The zero-order chi connectivity index (χ0) is 24.1. The van der Waals surface area contributed by atoms with E-state index in [0.29, 0.717) is 23.5 Å². The minimum atomic E-state index is -0.514. The molecule has 1 atom stereocenters. The van der Waals surface area contributed by atoms with Crippen molar-refractivity contribution in [2.24, 2.45) is 5.92 Å². The van der Waals surface area contributed by atoms with E-state index < -0.39 is 5.92 Å². The first-order chi connectivity index (χ1) is 16.5. The monoisotopic (exact) mass is 457 g/mol. The first kappa shape index (κ1) is 23.0. The van der Waals surface area contributed by atoms with Crippen molar-refractivity contribution in [2.45, 2.75) is 13.0 Å². The number of hydrogen-bond acceptors (Lipinski definition) is 4. The van der Waals surface area contributed by atoms with E-state index in [1.807, 2.05) is 30.3 Å². The van der Waals surface area contributed by atoms with Crippen LogP contribution in [0.15, 0.2) is 78.9 Å². The number of nitrogens with one attached hydrogen (secondary N) is 1. The summed E-state index contributed by atoms with van der Waals surface area (Å²) in [5.74, 6) is -0.405. The Kier molecular flexibility index (Phi) is 6.92. The van der Waals surface area contributed by atoms with Crippen molar-refractivity contribution in [3.63, 3.8) is 0 Å². The van der Waals surface area contributed by atoms with Gasteiger partial charge in [-0.1, -0.05) is 42.5 Å². The van der Waals surface area contributed by atoms with Crippen LogP contribution in [0.3, 0.4) is 0 Å². The number of ether oxygens (including phenoxy) is 1. The topological polar surface area (TPSA) is 79.0 Å². The van der Waals surface area contributed by atoms with Crippen LogP contribution in [0, 0.1) is 5.92 Å². The number of para-hydroxylation sites is 1. The zero-order valence-corrected chi connectivity index (χ0v) is 19.2. The van der Waals surface area contributed by atoms with Crippen LogP contribution in [0.2, 0.25) is 0 Å². The quantitative estimate of drug-likeness (QED) is 0.583. The molecule has 4 rings (SSSR count). The number of carbonyl (C=O) groups is 3. The molecule has 0 aromatic heterocycles. The Morgan fingerprint density at radius 1 is 1.00 bits per heavy atom. The van der Waals surface area contributed by atoms with Gasteiger partial charge in [0.25, 0.3) is 5.91 Å². The minimum Gasteiger partial charge on any atom is -0.497 e. The van der Waals surface area contributed by atoms with E-state index in [2.05, 4.69) is 5.32 Å². The smallest absolute Gasteiger partial charge is 0.256 e. The van der Waals surface area contributed by atoms with E-state index in [1.54, 1.807) is 72.5 Å². The number of carbonyl (C=O) groups excluding carboxylic acids is 3. The molecule has 0 spiro atoms. The van der Waals surface area contributed by atoms with Gasteiger partial charge in [0.05, 0.1) is 24.3 Å². The summed E-state index contributed by atoms with van der Waals surface area (Å²) in [7, 11) is 3.31. The van der Waals surface area contributed by atoms with Gasteiger partial charge in [0, 0.05) is 32.2 Å². The van der Waals surface area contributed by atoms with Gasteiger partial charge in [-0.15, -0.1) is 0 Å². The second-order valence-corrected chi connectivity index (χ2v) is 8.29. The van der Waals surface area contributed by atoms with Crippen LogP contribution >= 0.6 is 0 Å². The molecule has 0 bridgehead atoms. The van der Waals surface area contributed by atoms with Crippen molar-refractivity contribution >= 4 is 29.1 Å². The van der Waals surface area contributed by atoms with Crippen LogP contribution in [0.1, 0.15) is 22.3 Å². The van der Waals surface area contributed by atoms with Gasteiger partial charge in [0.15, 0.2) is 0 Å². The van der Waals surface area contributed by atoms with Crippen molar-refractivity contribution in [1.29, 1.82) is 0 Å². The average molecular weight is 458 g/mol. The van der Waals surface area contributed by atoms with E-state index in [9.17, 15) is 14.4 Å². The van der Waals surface area contributed by atoms with Crippen LogP contribution in [-0.2, 0) is 16.1 Å². The number of benzene rings is 3. The molecular formula is C27H27N3O4. The molecule has 0 aliphatic carbocycles. The summed E-state index contributed by atoms with van der Waals surface area (Å²) in [5.41, 5.74) is 2.58. The van der Waals surface area contributed by atoms with Gasteiger partial charge in [-0.2, -0.15) is 0 Å². The molecule has 1 aliphatic heterocycles. The van der Waals surface area contributed by atoms with Gasteiger partial charge < -0.3 is 19.9 Å². The van der Waals surface area contributed by atoms with E-state index >= 15 is 0 Å². The summed E-state index contributed by atoms with van der Waals surface area (Å²) in [6, 6.07) is 23.8. The first-order valence-corrected chi connectivity index (χ1v) is 11.1. The Bertz CT molecular complexity index is 1180. The molecule has 1 heterocycles. The maximum Gasteiger partial charge on any atom is 0.256 e. The molecule has 34 heavy (non-hydrogen) atoms. The summed E-state index contributed by atoms with van der Waals surface area (Å²) in [6.07, 6.45) is 0.113. The fraction of sp³-hybridized carbons (Fsp3) is 0.222. The third-order valence-corrected chi connectivity index (χ3v) is 5.90. The maximum atomic E-state index is 13.1. The molecule has 1 N–H and O–H groups in total. The zero-order valence-electron chi connectivity index (χ0n) is 19.2. The van der Waals surface area contributed by atoms with Crippen molar-refractivity contribution in [1.82, 2.24) is 4.90 Å². The fourth-order valence-corrected chi connectivity index (χ4v) is 4.04. The van der Waals surface area contributed by atoms with Crippen LogP contribution in [0.4, 0.5) is 11.4 Å². The average Bonchev–Trinajstić information content (AvgIpc) is 3.26. The number of methoxy groups -OCH3 is 1. The lowest BCUT2D eigenvalue weighted by Gasteiger charge is -2.20. The van der Waals surface area contributed by atoms with Gasteiger partial charge in [-0.3, -0.25) is 14.4 Å². The molecule has 1 fully saturated rings. The Morgan fingerprint density at radius 3 is 2.38 bits per heavy atom.